The second-order valence-corrected chi connectivity index (χ2v) is 7.66. The standard InChI is InChI=1S/C22H22ClFN4O2/c1-30-20-7-4-15(23)12-18(20)22(29)25-17-8-10-28(11-9-17)21-13-19(26-27-21)14-2-5-16(24)6-3-14/h2-7,12-13,17H,8-11H2,1H3,(H,25,29)(H,26,27). The maximum atomic E-state index is 13.1. The lowest BCUT2D eigenvalue weighted by atomic mass is 10.0. The lowest BCUT2D eigenvalue weighted by Crippen LogP contribution is -2.44. The highest BCUT2D eigenvalue weighted by Gasteiger charge is 2.24. The molecule has 0 radical (unpaired) electrons. The van der Waals surface area contributed by atoms with E-state index in [2.05, 4.69) is 20.4 Å². The van der Waals surface area contributed by atoms with Crippen molar-refractivity contribution in [2.45, 2.75) is 18.9 Å². The number of aromatic amines is 1. The van der Waals surface area contributed by atoms with Gasteiger partial charge in [-0.15, -0.1) is 0 Å². The van der Waals surface area contributed by atoms with Crippen molar-refractivity contribution in [1.29, 1.82) is 0 Å². The zero-order chi connectivity index (χ0) is 21.1. The maximum Gasteiger partial charge on any atom is 0.255 e. The van der Waals surface area contributed by atoms with E-state index in [0.717, 1.165) is 43.0 Å². The Hall–Kier alpha value is -3.06. The van der Waals surface area contributed by atoms with Crippen molar-refractivity contribution in [3.05, 3.63) is 64.9 Å². The number of halogens is 2. The fraction of sp³-hybridized carbons (Fsp3) is 0.273. The number of carbonyl (C=O) groups excluding carboxylic acids is 1. The summed E-state index contributed by atoms with van der Waals surface area (Å²) in [6.07, 6.45) is 1.60. The highest BCUT2D eigenvalue weighted by Crippen LogP contribution is 2.26. The van der Waals surface area contributed by atoms with Crippen LogP contribution in [0.4, 0.5) is 10.2 Å². The number of methoxy groups -OCH3 is 1. The summed E-state index contributed by atoms with van der Waals surface area (Å²) in [5.74, 6) is 0.888. The Morgan fingerprint density at radius 2 is 1.93 bits per heavy atom. The minimum atomic E-state index is -0.266. The molecule has 0 spiro atoms. The van der Waals surface area contributed by atoms with Gasteiger partial charge in [0.05, 0.1) is 18.4 Å². The quantitative estimate of drug-likeness (QED) is 0.636. The molecule has 6 nitrogen and oxygen atoms in total. The minimum absolute atomic E-state index is 0.0629. The van der Waals surface area contributed by atoms with E-state index in [1.54, 1.807) is 30.3 Å². The van der Waals surface area contributed by atoms with Gasteiger partial charge < -0.3 is 15.0 Å². The Kier molecular flexibility index (Phi) is 5.90. The molecule has 2 aromatic carbocycles. The van der Waals surface area contributed by atoms with Crippen molar-refractivity contribution in [2.24, 2.45) is 0 Å². The summed E-state index contributed by atoms with van der Waals surface area (Å²) in [4.78, 5) is 14.8. The zero-order valence-electron chi connectivity index (χ0n) is 16.5. The molecule has 2 heterocycles. The van der Waals surface area contributed by atoms with Crippen molar-refractivity contribution in [2.75, 3.05) is 25.1 Å². The second kappa shape index (κ2) is 8.75. The predicted octanol–water partition coefficient (Wildman–Crippen LogP) is 4.28. The molecule has 0 aliphatic carbocycles. The molecule has 8 heteroatoms. The van der Waals surface area contributed by atoms with Crippen LogP contribution >= 0.6 is 11.6 Å². The van der Waals surface area contributed by atoms with E-state index >= 15 is 0 Å². The predicted molar refractivity (Wildman–Crippen MR) is 115 cm³/mol. The average Bonchev–Trinajstić information content (AvgIpc) is 3.25. The van der Waals surface area contributed by atoms with Crippen LogP contribution < -0.4 is 15.0 Å². The number of hydrogen-bond acceptors (Lipinski definition) is 4. The van der Waals surface area contributed by atoms with Crippen LogP contribution in [0.15, 0.2) is 48.5 Å². The van der Waals surface area contributed by atoms with Crippen LogP contribution in [0.3, 0.4) is 0 Å². The number of rotatable bonds is 5. The SMILES string of the molecule is COc1ccc(Cl)cc1C(=O)NC1CCN(c2cc(-c3ccc(F)cc3)[nH]n2)CC1. The molecule has 4 rings (SSSR count). The first-order valence-electron chi connectivity index (χ1n) is 9.74. The number of nitrogens with one attached hydrogen (secondary N) is 2. The summed E-state index contributed by atoms with van der Waals surface area (Å²) in [6.45, 7) is 1.54. The largest absolute Gasteiger partial charge is 0.496 e. The third-order valence-corrected chi connectivity index (χ3v) is 5.51. The average molecular weight is 429 g/mol. The van der Waals surface area contributed by atoms with Gasteiger partial charge in [-0.2, -0.15) is 5.10 Å². The zero-order valence-corrected chi connectivity index (χ0v) is 17.2. The van der Waals surface area contributed by atoms with Gasteiger partial charge in [0.2, 0.25) is 0 Å². The topological polar surface area (TPSA) is 70.2 Å². The van der Waals surface area contributed by atoms with Gasteiger partial charge in [0.15, 0.2) is 5.82 Å². The van der Waals surface area contributed by atoms with E-state index in [9.17, 15) is 9.18 Å². The molecule has 30 heavy (non-hydrogen) atoms. The molecule has 1 amide bonds. The molecule has 1 aliphatic rings. The van der Waals surface area contributed by atoms with Gasteiger partial charge in [0.25, 0.3) is 5.91 Å². The van der Waals surface area contributed by atoms with Crippen LogP contribution in [0.5, 0.6) is 5.75 Å². The number of H-pyrrole nitrogens is 1. The van der Waals surface area contributed by atoms with E-state index in [1.165, 1.54) is 19.2 Å². The summed E-state index contributed by atoms with van der Waals surface area (Å²) in [7, 11) is 1.53. The van der Waals surface area contributed by atoms with Crippen molar-refractivity contribution >= 4 is 23.3 Å². The van der Waals surface area contributed by atoms with Gasteiger partial charge in [-0.05, 0) is 60.9 Å². The molecule has 0 unspecified atom stereocenters. The maximum absolute atomic E-state index is 13.1. The molecule has 0 bridgehead atoms. The number of benzene rings is 2. The fourth-order valence-electron chi connectivity index (χ4n) is 3.62. The molecule has 1 fully saturated rings. The Morgan fingerprint density at radius 1 is 1.20 bits per heavy atom. The van der Waals surface area contributed by atoms with Gasteiger partial charge in [0.1, 0.15) is 11.6 Å². The molecule has 156 valence electrons. The van der Waals surface area contributed by atoms with Gasteiger partial charge >= 0.3 is 0 Å². The lowest BCUT2D eigenvalue weighted by Gasteiger charge is -2.32. The molecule has 1 aliphatic heterocycles. The number of hydrogen-bond donors (Lipinski definition) is 2. The van der Waals surface area contributed by atoms with Crippen LogP contribution in [0.1, 0.15) is 23.2 Å². The molecule has 1 saturated heterocycles. The van der Waals surface area contributed by atoms with Gasteiger partial charge in [0, 0.05) is 30.2 Å². The van der Waals surface area contributed by atoms with E-state index in [4.69, 9.17) is 16.3 Å². The first-order valence-corrected chi connectivity index (χ1v) is 10.1. The number of amides is 1. The van der Waals surface area contributed by atoms with Gasteiger partial charge in [-0.3, -0.25) is 9.89 Å². The van der Waals surface area contributed by atoms with Crippen LogP contribution in [-0.4, -0.2) is 42.3 Å². The summed E-state index contributed by atoms with van der Waals surface area (Å²) >= 11 is 6.03. The summed E-state index contributed by atoms with van der Waals surface area (Å²) in [5.41, 5.74) is 2.16. The second-order valence-electron chi connectivity index (χ2n) is 7.23. The molecule has 0 saturated carbocycles. The van der Waals surface area contributed by atoms with Gasteiger partial charge in [-0.1, -0.05) is 11.6 Å². The Labute approximate surface area is 179 Å². The molecule has 2 N–H and O–H groups in total. The Bertz CT molecular complexity index is 1030. The minimum Gasteiger partial charge on any atom is -0.496 e. The monoisotopic (exact) mass is 428 g/mol. The highest BCUT2D eigenvalue weighted by molar-refractivity contribution is 6.31. The van der Waals surface area contributed by atoms with Crippen molar-refractivity contribution in [3.8, 4) is 17.0 Å². The lowest BCUT2D eigenvalue weighted by molar-refractivity contribution is 0.0928. The smallest absolute Gasteiger partial charge is 0.255 e. The van der Waals surface area contributed by atoms with Crippen molar-refractivity contribution in [3.63, 3.8) is 0 Å². The fourth-order valence-corrected chi connectivity index (χ4v) is 3.80. The number of carbonyl (C=O) groups is 1. The van der Waals surface area contributed by atoms with Crippen LogP contribution in [0, 0.1) is 5.82 Å². The summed E-state index contributed by atoms with van der Waals surface area (Å²) in [5, 5.41) is 11.0. The van der Waals surface area contributed by atoms with Crippen molar-refractivity contribution in [1.82, 2.24) is 15.5 Å². The molecule has 0 atom stereocenters. The van der Waals surface area contributed by atoms with E-state index < -0.39 is 0 Å². The number of piperidine rings is 1. The third kappa shape index (κ3) is 4.41. The molecule has 1 aromatic heterocycles. The summed E-state index contributed by atoms with van der Waals surface area (Å²) in [6, 6.07) is 13.3. The van der Waals surface area contributed by atoms with Crippen LogP contribution in [-0.2, 0) is 0 Å². The van der Waals surface area contributed by atoms with Gasteiger partial charge in [-0.25, -0.2) is 4.39 Å². The van der Waals surface area contributed by atoms with Crippen LogP contribution in [0.2, 0.25) is 5.02 Å². The first kappa shape index (κ1) is 20.2. The first-order chi connectivity index (χ1) is 14.5. The number of aromatic nitrogens is 2. The van der Waals surface area contributed by atoms with E-state index in [0.29, 0.717) is 16.3 Å². The van der Waals surface area contributed by atoms with E-state index in [-0.39, 0.29) is 17.8 Å². The Morgan fingerprint density at radius 3 is 2.63 bits per heavy atom. The summed E-state index contributed by atoms with van der Waals surface area (Å²) < 4.78 is 18.4. The number of nitrogens with zero attached hydrogens (tertiary/aromatic N) is 2. The normalized spacial score (nSPS) is 14.6. The molecular weight excluding hydrogens is 407 g/mol. The third-order valence-electron chi connectivity index (χ3n) is 5.28. The molecular formula is C22H22ClFN4O2. The van der Waals surface area contributed by atoms with Crippen LogP contribution in [0.25, 0.3) is 11.3 Å². The number of anilines is 1. The highest BCUT2D eigenvalue weighted by atomic mass is 35.5. The number of ether oxygens (including phenoxy) is 1. The van der Waals surface area contributed by atoms with E-state index in [1.807, 2.05) is 6.07 Å². The molecule has 3 aromatic rings. The Balaban J connectivity index is 1.36. The van der Waals surface area contributed by atoms with Crippen molar-refractivity contribution < 1.29 is 13.9 Å².